The van der Waals surface area contributed by atoms with Crippen LogP contribution in [0.4, 0.5) is 0 Å². The normalized spacial score (nSPS) is 39.4. The second-order valence-corrected chi connectivity index (χ2v) is 8.41. The Labute approximate surface area is 189 Å². The van der Waals surface area contributed by atoms with E-state index in [-0.39, 0.29) is 29.9 Å². The van der Waals surface area contributed by atoms with E-state index >= 15 is 0 Å². The summed E-state index contributed by atoms with van der Waals surface area (Å²) in [5, 5.41) is 31.9. The number of ether oxygens (including phenoxy) is 4. The van der Waals surface area contributed by atoms with Crippen molar-refractivity contribution in [2.24, 2.45) is 11.8 Å². The fourth-order valence-corrected chi connectivity index (χ4v) is 5.04. The van der Waals surface area contributed by atoms with E-state index < -0.39 is 72.5 Å². The van der Waals surface area contributed by atoms with Crippen LogP contribution >= 0.6 is 11.6 Å². The van der Waals surface area contributed by atoms with E-state index in [0.29, 0.717) is 0 Å². The Morgan fingerprint density at radius 1 is 1.38 bits per heavy atom. The van der Waals surface area contributed by atoms with Crippen LogP contribution in [0.1, 0.15) is 19.8 Å². The smallest absolute Gasteiger partial charge is 0.336 e. The largest absolute Gasteiger partial charge is 0.469 e. The van der Waals surface area contributed by atoms with E-state index in [1.807, 2.05) is 0 Å². The molecule has 0 aromatic heterocycles. The van der Waals surface area contributed by atoms with Crippen LogP contribution < -0.4 is 0 Å². The summed E-state index contributed by atoms with van der Waals surface area (Å²) >= 11 is 6.15. The van der Waals surface area contributed by atoms with E-state index in [0.717, 1.165) is 7.11 Å². The maximum absolute atomic E-state index is 12.7. The zero-order valence-corrected chi connectivity index (χ0v) is 18.5. The first-order valence-electron chi connectivity index (χ1n) is 10.2. The number of aliphatic hydroxyl groups excluding tert-OH is 3. The molecule has 3 N–H and O–H groups in total. The molecule has 0 aromatic rings. The third-order valence-corrected chi connectivity index (χ3v) is 6.99. The third-order valence-electron chi connectivity index (χ3n) is 6.53. The van der Waals surface area contributed by atoms with Crippen molar-refractivity contribution in [2.75, 3.05) is 19.6 Å². The van der Waals surface area contributed by atoms with E-state index in [1.165, 1.54) is 13.0 Å². The first kappa shape index (κ1) is 24.7. The van der Waals surface area contributed by atoms with E-state index in [9.17, 15) is 29.7 Å². The molecular weight excluding hydrogens is 448 g/mol. The Morgan fingerprint density at radius 2 is 2.06 bits per heavy atom. The van der Waals surface area contributed by atoms with Crippen LogP contribution in [0.3, 0.4) is 0 Å². The standard InChI is InChI=1S/C21H27ClO10/c1-4-10(7-23)19(27)30-15-12-9(2)18(26)31-16(12)17(25)21(8-22)6-5-11(32-21)13(14(15)24)20(28)29-3/h4,11-17,23-25H,2,5-8H2,1,3H3. The Kier molecular flexibility index (Phi) is 7.31. The topological polar surface area (TPSA) is 149 Å². The van der Waals surface area contributed by atoms with Crippen LogP contribution in [0.2, 0.25) is 0 Å². The van der Waals surface area contributed by atoms with Crippen LogP contribution in [0.15, 0.2) is 23.8 Å². The van der Waals surface area contributed by atoms with Gasteiger partial charge in [-0.25, -0.2) is 9.59 Å². The Hall–Kier alpha value is -1.98. The van der Waals surface area contributed by atoms with Gasteiger partial charge in [0.2, 0.25) is 0 Å². The van der Waals surface area contributed by atoms with Gasteiger partial charge >= 0.3 is 17.9 Å². The summed E-state index contributed by atoms with van der Waals surface area (Å²) in [4.78, 5) is 37.7. The molecule has 0 spiro atoms. The molecule has 0 amide bonds. The quantitative estimate of drug-likeness (QED) is 0.208. The molecular formula is C21H27ClO10. The van der Waals surface area contributed by atoms with Gasteiger partial charge in [0.05, 0.1) is 37.2 Å². The minimum Gasteiger partial charge on any atom is -0.469 e. The lowest BCUT2D eigenvalue weighted by molar-refractivity contribution is -0.176. The van der Waals surface area contributed by atoms with Crippen molar-refractivity contribution in [1.82, 2.24) is 0 Å². The second kappa shape index (κ2) is 9.48. The summed E-state index contributed by atoms with van der Waals surface area (Å²) in [5.41, 5.74) is -1.62. The number of hydrogen-bond acceptors (Lipinski definition) is 10. The van der Waals surface area contributed by atoms with Crippen molar-refractivity contribution in [3.63, 3.8) is 0 Å². The van der Waals surface area contributed by atoms with Crippen LogP contribution in [-0.2, 0) is 33.3 Å². The number of carbonyl (C=O) groups excluding carboxylic acids is 3. The number of carbonyl (C=O) groups is 3. The summed E-state index contributed by atoms with van der Waals surface area (Å²) in [5.74, 6) is -5.36. The monoisotopic (exact) mass is 474 g/mol. The highest BCUT2D eigenvalue weighted by molar-refractivity contribution is 6.18. The van der Waals surface area contributed by atoms with Crippen LogP contribution in [-0.4, -0.2) is 88.9 Å². The molecule has 3 saturated heterocycles. The fraction of sp³-hybridized carbons (Fsp3) is 0.667. The van der Waals surface area contributed by atoms with Gasteiger partial charge in [0, 0.05) is 5.57 Å². The highest BCUT2D eigenvalue weighted by Gasteiger charge is 2.62. The summed E-state index contributed by atoms with van der Waals surface area (Å²) in [7, 11) is 1.13. The van der Waals surface area contributed by atoms with Crippen LogP contribution in [0.25, 0.3) is 0 Å². The molecule has 11 heteroatoms. The first-order chi connectivity index (χ1) is 15.1. The zero-order chi connectivity index (χ0) is 23.8. The highest BCUT2D eigenvalue weighted by Crippen LogP contribution is 2.47. The SMILES string of the molecule is C=C1C(=O)OC2C1C(OC(=O)C(=CC)CO)C(O)C(C(=O)OC)C1CCC(CCl)(O1)C2O. The molecule has 178 valence electrons. The van der Waals surface area contributed by atoms with Crippen molar-refractivity contribution in [3.05, 3.63) is 23.8 Å². The molecule has 3 fully saturated rings. The van der Waals surface area contributed by atoms with E-state index in [1.54, 1.807) is 0 Å². The number of alkyl halides is 1. The average molecular weight is 475 g/mol. The molecule has 8 unspecified atom stereocenters. The summed E-state index contributed by atoms with van der Waals surface area (Å²) in [6.45, 7) is 4.57. The molecule has 8 atom stereocenters. The molecule has 3 heterocycles. The Morgan fingerprint density at radius 3 is 2.62 bits per heavy atom. The number of hydrogen-bond donors (Lipinski definition) is 3. The van der Waals surface area contributed by atoms with Crippen LogP contribution in [0, 0.1) is 11.8 Å². The van der Waals surface area contributed by atoms with Gasteiger partial charge in [0.25, 0.3) is 0 Å². The van der Waals surface area contributed by atoms with Crippen molar-refractivity contribution < 1.29 is 48.7 Å². The van der Waals surface area contributed by atoms with Crippen molar-refractivity contribution in [3.8, 4) is 0 Å². The van der Waals surface area contributed by atoms with Gasteiger partial charge in [0.1, 0.15) is 35.9 Å². The van der Waals surface area contributed by atoms with Crippen molar-refractivity contribution in [2.45, 2.75) is 55.9 Å². The van der Waals surface area contributed by atoms with Gasteiger partial charge in [-0.2, -0.15) is 0 Å². The predicted octanol–water partition coefficient (Wildman–Crippen LogP) is -0.384. The zero-order valence-electron chi connectivity index (χ0n) is 17.7. The molecule has 0 aliphatic carbocycles. The lowest BCUT2D eigenvalue weighted by Crippen LogP contribution is -2.54. The van der Waals surface area contributed by atoms with Crippen molar-refractivity contribution in [1.29, 1.82) is 0 Å². The lowest BCUT2D eigenvalue weighted by Gasteiger charge is -2.37. The minimum atomic E-state index is -1.71. The van der Waals surface area contributed by atoms with Gasteiger partial charge in [-0.1, -0.05) is 12.7 Å². The number of methoxy groups -OCH3 is 1. The summed E-state index contributed by atoms with van der Waals surface area (Å²) in [6, 6.07) is 0. The fourth-order valence-electron chi connectivity index (χ4n) is 4.69. The average Bonchev–Trinajstić information content (AvgIpc) is 3.34. The molecule has 3 aliphatic rings. The number of rotatable bonds is 5. The Balaban J connectivity index is 2.14. The second-order valence-electron chi connectivity index (χ2n) is 8.14. The van der Waals surface area contributed by atoms with E-state index in [2.05, 4.69) is 6.58 Å². The van der Waals surface area contributed by atoms with Gasteiger partial charge < -0.3 is 34.3 Å². The number of esters is 3. The molecule has 3 rings (SSSR count). The maximum atomic E-state index is 12.7. The molecule has 32 heavy (non-hydrogen) atoms. The van der Waals surface area contributed by atoms with E-state index in [4.69, 9.17) is 30.5 Å². The number of allylic oxidation sites excluding steroid dienone is 1. The van der Waals surface area contributed by atoms with Gasteiger partial charge in [0.15, 0.2) is 0 Å². The minimum absolute atomic E-state index is 0.102. The molecule has 0 saturated carbocycles. The van der Waals surface area contributed by atoms with Gasteiger partial charge in [-0.3, -0.25) is 4.79 Å². The molecule has 10 nitrogen and oxygen atoms in total. The first-order valence-corrected chi connectivity index (χ1v) is 10.7. The van der Waals surface area contributed by atoms with Gasteiger partial charge in [-0.15, -0.1) is 11.6 Å². The molecule has 3 aliphatic heterocycles. The third kappa shape index (κ3) is 3.94. The number of aliphatic hydroxyl groups is 3. The van der Waals surface area contributed by atoms with Crippen LogP contribution in [0.5, 0.6) is 0 Å². The molecule has 0 radical (unpaired) electrons. The van der Waals surface area contributed by atoms with Crippen molar-refractivity contribution >= 4 is 29.5 Å². The molecule has 2 bridgehead atoms. The lowest BCUT2D eigenvalue weighted by atomic mass is 9.76. The summed E-state index contributed by atoms with van der Waals surface area (Å²) < 4.78 is 21.7. The summed E-state index contributed by atoms with van der Waals surface area (Å²) in [6.07, 6.45) is -5.12. The Bertz CT molecular complexity index is 825. The number of halogens is 1. The predicted molar refractivity (Wildman–Crippen MR) is 108 cm³/mol. The molecule has 0 aromatic carbocycles. The highest BCUT2D eigenvalue weighted by atomic mass is 35.5. The number of fused-ring (bicyclic) bond motifs is 3. The maximum Gasteiger partial charge on any atom is 0.336 e. The van der Waals surface area contributed by atoms with Gasteiger partial charge in [-0.05, 0) is 19.8 Å².